The molecule has 1 aliphatic rings. The number of benzene rings is 1. The summed E-state index contributed by atoms with van der Waals surface area (Å²) >= 11 is 0. The summed E-state index contributed by atoms with van der Waals surface area (Å²) in [6, 6.07) is 7.78. The number of piperazine rings is 1. The van der Waals surface area contributed by atoms with Crippen molar-refractivity contribution in [3.8, 4) is 0 Å². The van der Waals surface area contributed by atoms with Crippen molar-refractivity contribution in [2.24, 2.45) is 0 Å². The van der Waals surface area contributed by atoms with E-state index in [0.29, 0.717) is 0 Å². The average molecular weight is 218 g/mol. The fraction of sp³-hybridized carbons (Fsp3) is 0.417. The fourth-order valence-corrected chi connectivity index (χ4v) is 1.65. The normalized spacial score (nSPS) is 15.9. The molecule has 1 aliphatic heterocycles. The number of hydrogen-bond acceptors (Lipinski definition) is 1. The summed E-state index contributed by atoms with van der Waals surface area (Å²) in [5, 5.41) is 7.09. The Morgan fingerprint density at radius 1 is 1.25 bits per heavy atom. The SMILES string of the molecule is Cc1ccc(NC(=O)N2CC[N]CC2)cc1. The van der Waals surface area contributed by atoms with E-state index < -0.39 is 0 Å². The lowest BCUT2D eigenvalue weighted by Crippen LogP contribution is -2.45. The summed E-state index contributed by atoms with van der Waals surface area (Å²) < 4.78 is 0. The molecule has 1 radical (unpaired) electrons. The second-order valence-corrected chi connectivity index (χ2v) is 3.95. The third-order valence-electron chi connectivity index (χ3n) is 2.65. The van der Waals surface area contributed by atoms with E-state index in [2.05, 4.69) is 10.6 Å². The first kappa shape index (κ1) is 11.0. The highest BCUT2D eigenvalue weighted by atomic mass is 16.2. The molecular weight excluding hydrogens is 202 g/mol. The minimum absolute atomic E-state index is 0.0289. The number of nitrogens with zero attached hydrogens (tertiary/aromatic N) is 2. The summed E-state index contributed by atoms with van der Waals surface area (Å²) in [5.74, 6) is 0. The van der Waals surface area contributed by atoms with E-state index in [1.54, 1.807) is 4.90 Å². The van der Waals surface area contributed by atoms with Crippen LogP contribution >= 0.6 is 0 Å². The predicted molar refractivity (Wildman–Crippen MR) is 63.6 cm³/mol. The highest BCUT2D eigenvalue weighted by molar-refractivity contribution is 5.89. The number of carbonyl (C=O) groups excluding carboxylic acids is 1. The van der Waals surface area contributed by atoms with E-state index in [0.717, 1.165) is 31.9 Å². The van der Waals surface area contributed by atoms with Gasteiger partial charge >= 0.3 is 6.03 Å². The molecule has 0 unspecified atom stereocenters. The van der Waals surface area contributed by atoms with Gasteiger partial charge in [-0.1, -0.05) is 17.7 Å². The quantitative estimate of drug-likeness (QED) is 0.762. The molecule has 0 saturated carbocycles. The zero-order valence-electron chi connectivity index (χ0n) is 9.44. The molecule has 2 amide bonds. The van der Waals surface area contributed by atoms with Gasteiger partial charge in [-0.2, -0.15) is 0 Å². The van der Waals surface area contributed by atoms with Crippen LogP contribution in [-0.4, -0.2) is 37.1 Å². The van der Waals surface area contributed by atoms with E-state index in [1.165, 1.54) is 5.56 Å². The molecule has 0 aromatic heterocycles. The highest BCUT2D eigenvalue weighted by Crippen LogP contribution is 2.09. The topological polar surface area (TPSA) is 46.4 Å². The minimum atomic E-state index is -0.0289. The Bertz CT molecular complexity index is 355. The Balaban J connectivity index is 1.93. The Morgan fingerprint density at radius 3 is 2.50 bits per heavy atom. The number of rotatable bonds is 1. The van der Waals surface area contributed by atoms with Crippen LogP contribution in [0.5, 0.6) is 0 Å². The van der Waals surface area contributed by atoms with Crippen LogP contribution in [0, 0.1) is 6.92 Å². The number of amides is 2. The maximum Gasteiger partial charge on any atom is 0.321 e. The first-order valence-electron chi connectivity index (χ1n) is 5.51. The van der Waals surface area contributed by atoms with Gasteiger partial charge in [-0.25, -0.2) is 10.1 Å². The van der Waals surface area contributed by atoms with E-state index in [9.17, 15) is 4.79 Å². The van der Waals surface area contributed by atoms with Gasteiger partial charge in [0, 0.05) is 31.9 Å². The van der Waals surface area contributed by atoms with Gasteiger partial charge in [0.1, 0.15) is 0 Å². The largest absolute Gasteiger partial charge is 0.322 e. The van der Waals surface area contributed by atoms with Gasteiger partial charge in [0.15, 0.2) is 0 Å². The zero-order chi connectivity index (χ0) is 11.4. The Morgan fingerprint density at radius 2 is 1.88 bits per heavy atom. The van der Waals surface area contributed by atoms with Crippen LogP contribution < -0.4 is 10.6 Å². The van der Waals surface area contributed by atoms with Gasteiger partial charge in [0.05, 0.1) is 0 Å². The average Bonchev–Trinajstić information content (AvgIpc) is 2.33. The maximum absolute atomic E-state index is 11.8. The third-order valence-corrected chi connectivity index (χ3v) is 2.65. The maximum atomic E-state index is 11.8. The summed E-state index contributed by atoms with van der Waals surface area (Å²) in [5.41, 5.74) is 2.04. The van der Waals surface area contributed by atoms with Gasteiger partial charge < -0.3 is 10.2 Å². The lowest BCUT2D eigenvalue weighted by Gasteiger charge is -2.26. The van der Waals surface area contributed by atoms with Crippen molar-refractivity contribution in [1.82, 2.24) is 10.2 Å². The van der Waals surface area contributed by atoms with Gasteiger partial charge in [-0.3, -0.25) is 0 Å². The first-order valence-corrected chi connectivity index (χ1v) is 5.51. The molecular formula is C12H16N3O. The third kappa shape index (κ3) is 2.73. The molecule has 2 rings (SSSR count). The van der Waals surface area contributed by atoms with Crippen molar-refractivity contribution in [1.29, 1.82) is 0 Å². The van der Waals surface area contributed by atoms with Crippen molar-refractivity contribution in [3.63, 3.8) is 0 Å². The van der Waals surface area contributed by atoms with Crippen LogP contribution in [0.3, 0.4) is 0 Å². The molecule has 1 aromatic rings. The van der Waals surface area contributed by atoms with Crippen LogP contribution in [0.4, 0.5) is 10.5 Å². The molecule has 85 valence electrons. The Hall–Kier alpha value is -1.55. The van der Waals surface area contributed by atoms with Gasteiger partial charge in [0.25, 0.3) is 0 Å². The molecule has 1 N–H and O–H groups in total. The van der Waals surface area contributed by atoms with Crippen LogP contribution in [-0.2, 0) is 0 Å². The molecule has 16 heavy (non-hydrogen) atoms. The summed E-state index contributed by atoms with van der Waals surface area (Å²) in [4.78, 5) is 13.6. The van der Waals surface area contributed by atoms with E-state index >= 15 is 0 Å². The Kier molecular flexibility index (Phi) is 3.41. The number of carbonyl (C=O) groups is 1. The number of anilines is 1. The van der Waals surface area contributed by atoms with Crippen LogP contribution in [0.15, 0.2) is 24.3 Å². The van der Waals surface area contributed by atoms with E-state index in [4.69, 9.17) is 0 Å². The Labute approximate surface area is 95.6 Å². The van der Waals surface area contributed by atoms with Crippen molar-refractivity contribution in [3.05, 3.63) is 29.8 Å². The number of aryl methyl sites for hydroxylation is 1. The summed E-state index contributed by atoms with van der Waals surface area (Å²) in [7, 11) is 0. The molecule has 4 nitrogen and oxygen atoms in total. The molecule has 1 fully saturated rings. The molecule has 0 aliphatic carbocycles. The van der Waals surface area contributed by atoms with Crippen molar-refractivity contribution in [2.45, 2.75) is 6.92 Å². The molecule has 0 atom stereocenters. The summed E-state index contributed by atoms with van der Waals surface area (Å²) in [6.45, 7) is 4.97. The second-order valence-electron chi connectivity index (χ2n) is 3.95. The lowest BCUT2D eigenvalue weighted by atomic mass is 10.2. The molecule has 4 heteroatoms. The smallest absolute Gasteiger partial charge is 0.321 e. The standard InChI is InChI=1S/C12H16N3O/c1-10-2-4-11(5-3-10)14-12(16)15-8-6-13-7-9-15/h2-5H,6-9H2,1H3,(H,14,16). The van der Waals surface area contributed by atoms with Crippen LogP contribution in [0.2, 0.25) is 0 Å². The van der Waals surface area contributed by atoms with Gasteiger partial charge in [-0.15, -0.1) is 0 Å². The molecule has 0 bridgehead atoms. The predicted octanol–water partition coefficient (Wildman–Crippen LogP) is 1.45. The highest BCUT2D eigenvalue weighted by Gasteiger charge is 2.16. The van der Waals surface area contributed by atoms with Crippen LogP contribution in [0.25, 0.3) is 0 Å². The van der Waals surface area contributed by atoms with Gasteiger partial charge in [-0.05, 0) is 19.1 Å². The molecule has 1 aromatic carbocycles. The first-order chi connectivity index (χ1) is 7.75. The fourth-order valence-electron chi connectivity index (χ4n) is 1.65. The molecule has 1 heterocycles. The van der Waals surface area contributed by atoms with Crippen molar-refractivity contribution >= 4 is 11.7 Å². The molecule has 0 spiro atoms. The number of nitrogens with one attached hydrogen (secondary N) is 1. The van der Waals surface area contributed by atoms with Crippen molar-refractivity contribution in [2.75, 3.05) is 31.5 Å². The van der Waals surface area contributed by atoms with Crippen molar-refractivity contribution < 1.29 is 4.79 Å². The number of hydrogen-bond donors (Lipinski definition) is 1. The summed E-state index contributed by atoms with van der Waals surface area (Å²) in [6.07, 6.45) is 0. The second kappa shape index (κ2) is 4.99. The zero-order valence-corrected chi connectivity index (χ0v) is 9.44. The minimum Gasteiger partial charge on any atom is -0.322 e. The lowest BCUT2D eigenvalue weighted by molar-refractivity contribution is 0.203. The van der Waals surface area contributed by atoms with E-state index in [-0.39, 0.29) is 6.03 Å². The monoisotopic (exact) mass is 218 g/mol. The molecule has 1 saturated heterocycles. The van der Waals surface area contributed by atoms with Gasteiger partial charge in [0.2, 0.25) is 0 Å². The van der Waals surface area contributed by atoms with E-state index in [1.807, 2.05) is 31.2 Å². The number of urea groups is 1. The van der Waals surface area contributed by atoms with Crippen LogP contribution in [0.1, 0.15) is 5.56 Å².